The quantitative estimate of drug-likeness (QED) is 0.0879. The van der Waals surface area contributed by atoms with Crippen LogP contribution in [-0.2, 0) is 41.1 Å². The van der Waals surface area contributed by atoms with Crippen LogP contribution in [0, 0.1) is 11.3 Å². The van der Waals surface area contributed by atoms with Gasteiger partial charge >= 0.3 is 11.9 Å². The molecule has 8 atom stereocenters. The van der Waals surface area contributed by atoms with E-state index in [1.165, 1.54) is 14.0 Å². The van der Waals surface area contributed by atoms with Crippen molar-refractivity contribution in [3.63, 3.8) is 0 Å². The minimum Gasteiger partial charge on any atom is -0.496 e. The highest BCUT2D eigenvalue weighted by molar-refractivity contribution is 5.95. The van der Waals surface area contributed by atoms with Gasteiger partial charge in [0.25, 0.3) is 5.91 Å². The fourth-order valence-electron chi connectivity index (χ4n) is 12.6. The summed E-state index contributed by atoms with van der Waals surface area (Å²) in [7, 11) is 4.77. The summed E-state index contributed by atoms with van der Waals surface area (Å²) in [6.07, 6.45) is 5.97. The highest BCUT2D eigenvalue weighted by atomic mass is 16.6. The van der Waals surface area contributed by atoms with Gasteiger partial charge in [-0.15, -0.1) is 0 Å². The number of aliphatic hydroxyl groups is 2. The number of fused-ring (bicyclic) bond motifs is 4. The molecule has 0 radical (unpaired) electrons. The first kappa shape index (κ1) is 40.8. The molecule has 1 aliphatic carbocycles. The molecule has 2 aromatic carbocycles. The van der Waals surface area contributed by atoms with E-state index in [0.717, 1.165) is 34.9 Å². The molecule has 2 fully saturated rings. The maximum absolute atomic E-state index is 15.2. The van der Waals surface area contributed by atoms with Crippen LogP contribution < -0.4 is 9.64 Å². The Kier molecular flexibility index (Phi) is 10.4. The normalized spacial score (nSPS) is 32.4. The van der Waals surface area contributed by atoms with Gasteiger partial charge in [-0.2, -0.15) is 0 Å². The predicted molar refractivity (Wildman–Crippen MR) is 220 cm³/mol. The van der Waals surface area contributed by atoms with Crippen molar-refractivity contribution < 1.29 is 38.8 Å². The largest absolute Gasteiger partial charge is 0.496 e. The summed E-state index contributed by atoms with van der Waals surface area (Å²) in [6.45, 7) is 7.53. The summed E-state index contributed by atoms with van der Waals surface area (Å²) in [5.74, 6) is -1.92. The highest BCUT2D eigenvalue weighted by Gasteiger charge is 2.79. The molecule has 59 heavy (non-hydrogen) atoms. The number of para-hydroxylation sites is 1. The summed E-state index contributed by atoms with van der Waals surface area (Å²) in [6, 6.07) is 10.5. The van der Waals surface area contributed by atoms with Crippen LogP contribution in [-0.4, -0.2) is 121 Å². The fourth-order valence-corrected chi connectivity index (χ4v) is 12.6. The van der Waals surface area contributed by atoms with Crippen LogP contribution in [0.3, 0.4) is 0 Å². The smallest absolute Gasteiger partial charge is 0.322 e. The first-order chi connectivity index (χ1) is 28.4. The molecule has 0 unspecified atom stereocenters. The van der Waals surface area contributed by atoms with E-state index in [9.17, 15) is 25.3 Å². The Morgan fingerprint density at radius 1 is 1.10 bits per heavy atom. The van der Waals surface area contributed by atoms with Crippen LogP contribution in [0.4, 0.5) is 5.69 Å². The third kappa shape index (κ3) is 5.54. The van der Waals surface area contributed by atoms with Crippen LogP contribution in [0.5, 0.6) is 5.75 Å². The van der Waals surface area contributed by atoms with Crippen molar-refractivity contribution in [2.75, 3.05) is 59.1 Å². The van der Waals surface area contributed by atoms with Crippen molar-refractivity contribution in [1.82, 2.24) is 14.8 Å². The molecule has 5 heterocycles. The molecule has 4 aliphatic heterocycles. The number of hydrogen-bond donors (Lipinski definition) is 3. The van der Waals surface area contributed by atoms with E-state index in [-0.39, 0.29) is 18.7 Å². The molecule has 3 N–H and O–H groups in total. The summed E-state index contributed by atoms with van der Waals surface area (Å²) in [5.41, 5.74) is 8.20. The monoisotopic (exact) mass is 809 g/mol. The average molecular weight is 810 g/mol. The molecular weight excluding hydrogens is 755 g/mol. The van der Waals surface area contributed by atoms with Crippen LogP contribution in [0.1, 0.15) is 75.3 Å². The third-order valence-electron chi connectivity index (χ3n) is 14.6. The number of anilines is 1. The minimum atomic E-state index is -2.49. The summed E-state index contributed by atoms with van der Waals surface area (Å²) >= 11 is 0. The zero-order valence-corrected chi connectivity index (χ0v) is 34.7. The Morgan fingerprint density at radius 2 is 1.88 bits per heavy atom. The van der Waals surface area contributed by atoms with E-state index < -0.39 is 51.8 Å². The SMILES string of the molecule is CCC[C@@H]1CN(CO)CCc2c([nH]c3ccccc23)[C@@](C(=O)OC)(c2cc3c(cc2OC)N(C)[C@H]2[C@@](O)(C(=O)N=[N+]=[N-])[C@H](OC(C)=O)[C@]4(CC)C=CCN5CC[C@]32[C@@H]54)C1. The van der Waals surface area contributed by atoms with Crippen molar-refractivity contribution in [2.24, 2.45) is 16.4 Å². The van der Waals surface area contributed by atoms with Crippen LogP contribution in [0.15, 0.2) is 53.7 Å². The van der Waals surface area contributed by atoms with Crippen molar-refractivity contribution in [2.45, 2.75) is 93.9 Å². The first-order valence-corrected chi connectivity index (χ1v) is 20.8. The van der Waals surface area contributed by atoms with Gasteiger partial charge < -0.3 is 34.3 Å². The number of esters is 2. The van der Waals surface area contributed by atoms with Gasteiger partial charge in [0.2, 0.25) is 0 Å². The summed E-state index contributed by atoms with van der Waals surface area (Å²) in [5, 5.41) is 28.4. The Hall–Kier alpha value is -4.92. The molecule has 1 saturated carbocycles. The molecule has 3 aromatic rings. The molecule has 1 saturated heterocycles. The lowest BCUT2D eigenvalue weighted by molar-refractivity contribution is -0.216. The van der Waals surface area contributed by atoms with E-state index in [1.54, 1.807) is 14.2 Å². The molecule has 15 nitrogen and oxygen atoms in total. The summed E-state index contributed by atoms with van der Waals surface area (Å²) < 4.78 is 18.3. The van der Waals surface area contributed by atoms with Gasteiger partial charge in [0.15, 0.2) is 11.7 Å². The number of likely N-dealkylation sites (N-methyl/N-ethyl adjacent to an activating group) is 1. The van der Waals surface area contributed by atoms with Gasteiger partial charge in [-0.05, 0) is 78.5 Å². The lowest BCUT2D eigenvalue weighted by atomic mass is 9.47. The summed E-state index contributed by atoms with van der Waals surface area (Å²) in [4.78, 5) is 55.4. The number of ether oxygens (including phenoxy) is 3. The number of carbonyl (C=O) groups excluding carboxylic acids is 3. The number of nitrogens with one attached hydrogen (secondary N) is 1. The van der Waals surface area contributed by atoms with Crippen molar-refractivity contribution in [3.8, 4) is 5.75 Å². The Labute approximate surface area is 343 Å². The highest BCUT2D eigenvalue weighted by Crippen LogP contribution is 2.68. The number of H-pyrrole nitrogens is 1. The number of benzene rings is 2. The molecule has 1 amide bonds. The van der Waals surface area contributed by atoms with Gasteiger partial charge in [0.05, 0.1) is 27.0 Å². The van der Waals surface area contributed by atoms with E-state index in [0.29, 0.717) is 74.6 Å². The molecular formula is C44H55N7O8. The van der Waals surface area contributed by atoms with E-state index >= 15 is 4.79 Å². The number of nitrogens with zero attached hydrogens (tertiary/aromatic N) is 6. The van der Waals surface area contributed by atoms with Gasteiger partial charge in [-0.25, -0.2) is 0 Å². The molecule has 314 valence electrons. The van der Waals surface area contributed by atoms with Crippen molar-refractivity contribution in [3.05, 3.63) is 81.4 Å². The van der Waals surface area contributed by atoms with Crippen molar-refractivity contribution in [1.29, 1.82) is 0 Å². The Bertz CT molecular complexity index is 2270. The van der Waals surface area contributed by atoms with Gasteiger partial charge in [0, 0.05) is 89.3 Å². The van der Waals surface area contributed by atoms with Gasteiger partial charge in [0.1, 0.15) is 11.2 Å². The minimum absolute atomic E-state index is 0.0564. The van der Waals surface area contributed by atoms with E-state index in [1.807, 2.05) is 59.2 Å². The third-order valence-corrected chi connectivity index (χ3v) is 14.6. The molecule has 0 bridgehead atoms. The number of amides is 1. The van der Waals surface area contributed by atoms with Crippen LogP contribution >= 0.6 is 0 Å². The number of azide groups is 1. The van der Waals surface area contributed by atoms with E-state index in [4.69, 9.17) is 14.2 Å². The zero-order valence-electron chi connectivity index (χ0n) is 34.7. The zero-order chi connectivity index (χ0) is 42.1. The van der Waals surface area contributed by atoms with E-state index in [2.05, 4.69) is 32.9 Å². The lowest BCUT2D eigenvalue weighted by Gasteiger charge is -2.63. The second-order valence-corrected chi connectivity index (χ2v) is 17.2. The maximum atomic E-state index is 15.2. The standard InChI is InChI=1S/C44H55N7O8/c1-7-12-27-23-43(40(55)58-6,35-29(15-19-50(24-27)25-52)28-13-9-10-14-32(28)46-35)31-21-30-33(22-34(31)57-5)49(4)37-42(30)17-20-51-18-11-16-41(8-2,36(42)51)38(59-26(3)53)44(37,56)39(54)47-48-45/h9-11,13-14,16,21-22,27,36-38,46,52,56H,7-8,12,15,17-20,23-25H2,1-6H3/t27-,36-,37+,38+,41+,42+,43-,44-/m0/s1. The number of carbonyl (C=O) groups is 3. The Balaban J connectivity index is 1.48. The second kappa shape index (κ2) is 15.0. The van der Waals surface area contributed by atoms with Crippen LogP contribution in [0.25, 0.3) is 21.3 Å². The predicted octanol–water partition coefficient (Wildman–Crippen LogP) is 4.86. The number of rotatable bonds is 9. The Morgan fingerprint density at radius 3 is 2.56 bits per heavy atom. The van der Waals surface area contributed by atoms with Gasteiger partial charge in [-0.3, -0.25) is 24.2 Å². The molecule has 8 rings (SSSR count). The number of aromatic nitrogens is 1. The maximum Gasteiger partial charge on any atom is 0.322 e. The number of aliphatic hydroxyl groups excluding tert-OH is 1. The fraction of sp³-hybridized carbons (Fsp3) is 0.568. The van der Waals surface area contributed by atoms with Gasteiger partial charge in [-0.1, -0.05) is 50.6 Å². The average Bonchev–Trinajstić information content (AvgIpc) is 3.90. The topological polar surface area (TPSA) is 194 Å². The number of aromatic amines is 1. The molecule has 1 spiro atoms. The molecule has 15 heteroatoms. The lowest BCUT2D eigenvalue weighted by Crippen LogP contribution is -2.81. The number of hydrogen-bond acceptors (Lipinski definition) is 11. The van der Waals surface area contributed by atoms with Crippen LogP contribution in [0.2, 0.25) is 0 Å². The second-order valence-electron chi connectivity index (χ2n) is 17.2. The van der Waals surface area contributed by atoms with Crippen molar-refractivity contribution >= 4 is 34.4 Å². The number of methoxy groups -OCH3 is 2. The first-order valence-electron chi connectivity index (χ1n) is 20.8. The molecule has 1 aromatic heterocycles. The molecule has 5 aliphatic rings.